The highest BCUT2D eigenvalue weighted by Gasteiger charge is 2.44. The third-order valence-electron chi connectivity index (χ3n) is 4.57. The molecule has 1 aromatic carbocycles. The van der Waals surface area contributed by atoms with E-state index in [9.17, 15) is 0 Å². The summed E-state index contributed by atoms with van der Waals surface area (Å²) < 4.78 is 0. The highest BCUT2D eigenvalue weighted by atomic mass is 127. The van der Waals surface area contributed by atoms with Crippen LogP contribution in [0.2, 0.25) is 5.02 Å². The average molecular weight is 485 g/mol. The number of aromatic nitrogens is 1. The third-order valence-corrected chi connectivity index (χ3v) is 4.81. The lowest BCUT2D eigenvalue weighted by Crippen LogP contribution is -2.41. The molecule has 0 aliphatic heterocycles. The molecule has 1 saturated carbocycles. The lowest BCUT2D eigenvalue weighted by Gasteiger charge is -2.19. The van der Waals surface area contributed by atoms with Crippen LogP contribution in [0.25, 0.3) is 0 Å². The molecule has 2 aromatic rings. The van der Waals surface area contributed by atoms with E-state index in [1.165, 1.54) is 18.4 Å². The second-order valence-corrected chi connectivity index (χ2v) is 7.05. The van der Waals surface area contributed by atoms with Crippen LogP contribution in [0.4, 0.5) is 0 Å². The van der Waals surface area contributed by atoms with Crippen LogP contribution in [0.5, 0.6) is 0 Å². The SMILES string of the molecule is CCNC(=NCc1cccc(C)n1)NCC1(c2cccc(Cl)c2)CC1.I. The maximum Gasteiger partial charge on any atom is 0.191 e. The Kier molecular flexibility index (Phi) is 7.70. The number of rotatable bonds is 6. The molecule has 26 heavy (non-hydrogen) atoms. The Balaban J connectivity index is 0.00000243. The van der Waals surface area contributed by atoms with E-state index in [0.29, 0.717) is 6.54 Å². The van der Waals surface area contributed by atoms with E-state index in [4.69, 9.17) is 11.6 Å². The first kappa shape index (κ1) is 21.0. The van der Waals surface area contributed by atoms with Gasteiger partial charge in [0, 0.05) is 29.2 Å². The summed E-state index contributed by atoms with van der Waals surface area (Å²) in [6.07, 6.45) is 2.36. The fourth-order valence-corrected chi connectivity index (χ4v) is 3.17. The number of hydrogen-bond acceptors (Lipinski definition) is 2. The van der Waals surface area contributed by atoms with Crippen molar-refractivity contribution in [1.29, 1.82) is 0 Å². The number of halogens is 2. The van der Waals surface area contributed by atoms with Crippen LogP contribution in [-0.2, 0) is 12.0 Å². The Labute approximate surface area is 177 Å². The van der Waals surface area contributed by atoms with Gasteiger partial charge in [0.05, 0.1) is 12.2 Å². The van der Waals surface area contributed by atoms with Crippen LogP contribution in [-0.4, -0.2) is 24.0 Å². The van der Waals surface area contributed by atoms with E-state index in [0.717, 1.165) is 35.5 Å². The molecule has 0 amide bonds. The predicted octanol–water partition coefficient (Wildman–Crippen LogP) is 4.45. The summed E-state index contributed by atoms with van der Waals surface area (Å²) in [4.78, 5) is 9.18. The van der Waals surface area contributed by atoms with Gasteiger partial charge in [-0.05, 0) is 56.5 Å². The minimum Gasteiger partial charge on any atom is -0.357 e. The Morgan fingerprint density at radius 1 is 1.19 bits per heavy atom. The molecule has 6 heteroatoms. The van der Waals surface area contributed by atoms with Crippen molar-refractivity contribution in [2.45, 2.75) is 38.6 Å². The summed E-state index contributed by atoms with van der Waals surface area (Å²) in [5.74, 6) is 0.833. The van der Waals surface area contributed by atoms with Crippen molar-refractivity contribution in [1.82, 2.24) is 15.6 Å². The van der Waals surface area contributed by atoms with Gasteiger partial charge in [-0.2, -0.15) is 0 Å². The predicted molar refractivity (Wildman–Crippen MR) is 120 cm³/mol. The minimum atomic E-state index is 0. The molecule has 1 aliphatic carbocycles. The van der Waals surface area contributed by atoms with E-state index >= 15 is 0 Å². The van der Waals surface area contributed by atoms with E-state index in [1.807, 2.05) is 37.3 Å². The number of guanidine groups is 1. The normalized spacial score (nSPS) is 15.1. The van der Waals surface area contributed by atoms with Crippen molar-refractivity contribution >= 4 is 41.5 Å². The Morgan fingerprint density at radius 3 is 2.62 bits per heavy atom. The zero-order chi connectivity index (χ0) is 17.7. The standard InChI is InChI=1S/C20H25ClN4.HI/c1-3-22-19(23-13-18-9-4-6-15(2)25-18)24-14-20(10-11-20)16-7-5-8-17(21)12-16;/h4-9,12H,3,10-11,13-14H2,1-2H3,(H2,22,23,24);1H. The zero-order valence-corrected chi connectivity index (χ0v) is 18.3. The van der Waals surface area contributed by atoms with Gasteiger partial charge in [-0.1, -0.05) is 29.8 Å². The van der Waals surface area contributed by atoms with Gasteiger partial charge in [0.2, 0.25) is 0 Å². The van der Waals surface area contributed by atoms with Gasteiger partial charge in [0.25, 0.3) is 0 Å². The van der Waals surface area contributed by atoms with E-state index < -0.39 is 0 Å². The molecule has 3 rings (SSSR count). The quantitative estimate of drug-likeness (QED) is 0.362. The Morgan fingerprint density at radius 2 is 1.96 bits per heavy atom. The van der Waals surface area contributed by atoms with Crippen LogP contribution in [0.15, 0.2) is 47.5 Å². The number of benzene rings is 1. The van der Waals surface area contributed by atoms with E-state index in [1.54, 1.807) is 0 Å². The number of nitrogens with one attached hydrogen (secondary N) is 2. The summed E-state index contributed by atoms with van der Waals surface area (Å²) in [7, 11) is 0. The van der Waals surface area contributed by atoms with Crippen molar-refractivity contribution in [3.63, 3.8) is 0 Å². The summed E-state index contributed by atoms with van der Waals surface area (Å²) in [6, 6.07) is 14.2. The maximum atomic E-state index is 6.16. The third kappa shape index (κ3) is 5.58. The molecule has 0 atom stereocenters. The van der Waals surface area contributed by atoms with Gasteiger partial charge in [-0.15, -0.1) is 24.0 Å². The fraction of sp³-hybridized carbons (Fsp3) is 0.400. The second kappa shape index (κ2) is 9.55. The van der Waals surface area contributed by atoms with Crippen molar-refractivity contribution in [3.05, 3.63) is 64.4 Å². The molecular weight excluding hydrogens is 459 g/mol. The molecule has 0 radical (unpaired) electrons. The monoisotopic (exact) mass is 484 g/mol. The highest BCUT2D eigenvalue weighted by Crippen LogP contribution is 2.48. The molecule has 0 spiro atoms. The Hall–Kier alpha value is -1.34. The van der Waals surface area contributed by atoms with Gasteiger partial charge in [0.1, 0.15) is 0 Å². The molecule has 1 heterocycles. The summed E-state index contributed by atoms with van der Waals surface area (Å²) in [6.45, 7) is 6.34. The smallest absolute Gasteiger partial charge is 0.191 e. The van der Waals surface area contributed by atoms with Gasteiger partial charge in [-0.25, -0.2) is 4.99 Å². The number of hydrogen-bond donors (Lipinski definition) is 2. The van der Waals surface area contributed by atoms with E-state index in [2.05, 4.69) is 39.7 Å². The molecule has 1 fully saturated rings. The van der Waals surface area contributed by atoms with Crippen LogP contribution in [0, 0.1) is 6.92 Å². The van der Waals surface area contributed by atoms with Crippen LogP contribution >= 0.6 is 35.6 Å². The van der Waals surface area contributed by atoms with Gasteiger partial charge < -0.3 is 10.6 Å². The number of pyridine rings is 1. The summed E-state index contributed by atoms with van der Waals surface area (Å²) in [5, 5.41) is 7.61. The molecule has 0 saturated heterocycles. The maximum absolute atomic E-state index is 6.16. The minimum absolute atomic E-state index is 0. The van der Waals surface area contributed by atoms with Crippen molar-refractivity contribution in [2.75, 3.05) is 13.1 Å². The lowest BCUT2D eigenvalue weighted by molar-refractivity contribution is 0.645. The molecule has 140 valence electrons. The van der Waals surface area contributed by atoms with Gasteiger partial charge in [-0.3, -0.25) is 4.98 Å². The topological polar surface area (TPSA) is 49.3 Å². The van der Waals surface area contributed by atoms with Crippen LogP contribution in [0.1, 0.15) is 36.7 Å². The lowest BCUT2D eigenvalue weighted by atomic mass is 9.96. The molecule has 1 aliphatic rings. The summed E-state index contributed by atoms with van der Waals surface area (Å²) >= 11 is 6.16. The number of aryl methyl sites for hydroxylation is 1. The molecule has 0 unspecified atom stereocenters. The molecule has 4 nitrogen and oxygen atoms in total. The zero-order valence-electron chi connectivity index (χ0n) is 15.3. The first-order chi connectivity index (χ1) is 12.1. The first-order valence-electron chi connectivity index (χ1n) is 8.82. The van der Waals surface area contributed by atoms with Gasteiger partial charge in [0.15, 0.2) is 5.96 Å². The average Bonchev–Trinajstić information content (AvgIpc) is 3.39. The molecule has 1 aromatic heterocycles. The fourth-order valence-electron chi connectivity index (χ4n) is 2.98. The summed E-state index contributed by atoms with van der Waals surface area (Å²) in [5.41, 5.74) is 3.49. The molecule has 0 bridgehead atoms. The largest absolute Gasteiger partial charge is 0.357 e. The van der Waals surface area contributed by atoms with Crippen molar-refractivity contribution in [3.8, 4) is 0 Å². The highest BCUT2D eigenvalue weighted by molar-refractivity contribution is 14.0. The van der Waals surface area contributed by atoms with Crippen LogP contribution in [0.3, 0.4) is 0 Å². The first-order valence-corrected chi connectivity index (χ1v) is 9.20. The van der Waals surface area contributed by atoms with Gasteiger partial charge >= 0.3 is 0 Å². The molecule has 2 N–H and O–H groups in total. The van der Waals surface area contributed by atoms with Crippen LogP contribution < -0.4 is 10.6 Å². The van der Waals surface area contributed by atoms with Crippen molar-refractivity contribution < 1.29 is 0 Å². The number of nitrogens with zero attached hydrogens (tertiary/aromatic N) is 2. The second-order valence-electron chi connectivity index (χ2n) is 6.61. The van der Waals surface area contributed by atoms with E-state index in [-0.39, 0.29) is 29.4 Å². The molecular formula is C20H26ClIN4. The number of aliphatic imine (C=N–C) groups is 1. The van der Waals surface area contributed by atoms with Crippen molar-refractivity contribution in [2.24, 2.45) is 4.99 Å². The Bertz CT molecular complexity index is 759.